The summed E-state index contributed by atoms with van der Waals surface area (Å²) in [6, 6.07) is 11.5. The van der Waals surface area contributed by atoms with Crippen molar-refractivity contribution in [1.29, 1.82) is 0 Å². The molecular formula is C38H51ClN2O7S. The number of rotatable bonds is 2. The lowest BCUT2D eigenvalue weighted by atomic mass is 9.64. The number of benzene rings is 2. The Morgan fingerprint density at radius 3 is 2.53 bits per heavy atom. The fraction of sp³-hybridized carbons (Fsp3) is 0.658. The predicted molar refractivity (Wildman–Crippen MR) is 190 cm³/mol. The number of anilines is 1. The summed E-state index contributed by atoms with van der Waals surface area (Å²) in [5.41, 5.74) is 2.97. The minimum atomic E-state index is -3.92. The number of hydrogen-bond donors (Lipinski definition) is 2. The van der Waals surface area contributed by atoms with Gasteiger partial charge in [-0.2, -0.15) is 0 Å². The maximum atomic E-state index is 13.5. The number of aryl methyl sites for hydroxylation is 1. The summed E-state index contributed by atoms with van der Waals surface area (Å²) >= 11 is 6.46. The fourth-order valence-electron chi connectivity index (χ4n) is 8.97. The van der Waals surface area contributed by atoms with Gasteiger partial charge in [-0.25, -0.2) is 13.1 Å². The molecule has 49 heavy (non-hydrogen) atoms. The van der Waals surface area contributed by atoms with E-state index in [1.54, 1.807) is 13.0 Å². The highest BCUT2D eigenvalue weighted by Gasteiger charge is 2.47. The number of amides is 1. The van der Waals surface area contributed by atoms with E-state index in [2.05, 4.69) is 21.8 Å². The van der Waals surface area contributed by atoms with Crippen LogP contribution in [0.5, 0.6) is 5.75 Å². The lowest BCUT2D eigenvalue weighted by Crippen LogP contribution is -2.52. The number of hydrogen-bond acceptors (Lipinski definition) is 8. The van der Waals surface area contributed by atoms with Crippen LogP contribution >= 0.6 is 11.6 Å². The Hall–Kier alpha value is -2.37. The zero-order valence-corrected chi connectivity index (χ0v) is 30.5. The molecule has 11 heteroatoms. The highest BCUT2D eigenvalue weighted by molar-refractivity contribution is 7.90. The van der Waals surface area contributed by atoms with Crippen LogP contribution in [-0.4, -0.2) is 70.5 Å². The summed E-state index contributed by atoms with van der Waals surface area (Å²) in [4.78, 5) is 16.0. The van der Waals surface area contributed by atoms with Crippen molar-refractivity contribution in [2.75, 3.05) is 44.4 Å². The Kier molecular flexibility index (Phi) is 9.76. The molecule has 6 atom stereocenters. The van der Waals surface area contributed by atoms with Gasteiger partial charge in [-0.05, 0) is 111 Å². The molecule has 1 saturated heterocycles. The van der Waals surface area contributed by atoms with Crippen LogP contribution in [0.4, 0.5) is 5.69 Å². The molecule has 2 aliphatic carbocycles. The van der Waals surface area contributed by atoms with Crippen molar-refractivity contribution in [2.45, 2.75) is 89.1 Å². The van der Waals surface area contributed by atoms with E-state index in [1.807, 2.05) is 32.0 Å². The number of carbonyl (C=O) groups excluding carboxylic acids is 1. The van der Waals surface area contributed by atoms with Crippen molar-refractivity contribution >= 4 is 33.2 Å². The van der Waals surface area contributed by atoms with Gasteiger partial charge in [0.1, 0.15) is 5.75 Å². The first-order valence-electron chi connectivity index (χ1n) is 18.1. The van der Waals surface area contributed by atoms with E-state index in [0.29, 0.717) is 55.9 Å². The standard InChI is InChI=1S/C38H51ClN2O7S/c1-24-6-4-8-31(36-47-21-37(3,20-42)22-48-36)30-12-9-28(30)18-41-19-38(15-5-7-26-16-29(39)11-13-32(26)38)23-46-34-14-10-27(17-33(34)41)35(43)40-49(44,45)25(24)2/h10-11,13-14,16-17,24-25,28,30-31,36,42H,4-9,12,15,18-23H2,1-3H3,(H,40,43)/t24-,25+,28-,30+,31-,36?,37?,38-/m0/s1. The number of aliphatic hydroxyl groups excluding tert-OH is 1. The summed E-state index contributed by atoms with van der Waals surface area (Å²) in [6.07, 6.45) is 7.15. The van der Waals surface area contributed by atoms with Gasteiger partial charge in [0.05, 0.1) is 37.4 Å². The van der Waals surface area contributed by atoms with E-state index in [-0.39, 0.29) is 30.1 Å². The van der Waals surface area contributed by atoms with Crippen molar-refractivity contribution in [3.63, 3.8) is 0 Å². The number of sulfonamides is 1. The second kappa shape index (κ2) is 13.6. The molecule has 0 radical (unpaired) electrons. The first-order valence-corrected chi connectivity index (χ1v) is 20.0. The van der Waals surface area contributed by atoms with Crippen LogP contribution in [0.3, 0.4) is 0 Å². The molecule has 2 N–H and O–H groups in total. The number of nitrogens with one attached hydrogen (secondary N) is 1. The highest BCUT2D eigenvalue weighted by atomic mass is 35.5. The van der Waals surface area contributed by atoms with Gasteiger partial charge in [0.2, 0.25) is 10.0 Å². The summed E-state index contributed by atoms with van der Waals surface area (Å²) in [7, 11) is -3.92. The molecule has 0 unspecified atom stereocenters. The lowest BCUT2D eigenvalue weighted by Gasteiger charge is -2.49. The van der Waals surface area contributed by atoms with E-state index >= 15 is 0 Å². The van der Waals surface area contributed by atoms with Gasteiger partial charge < -0.3 is 24.2 Å². The van der Waals surface area contributed by atoms with E-state index in [9.17, 15) is 18.3 Å². The van der Waals surface area contributed by atoms with Crippen molar-refractivity contribution in [3.8, 4) is 5.75 Å². The van der Waals surface area contributed by atoms with Gasteiger partial charge in [0.25, 0.3) is 5.91 Å². The Bertz CT molecular complexity index is 1660. The Labute approximate surface area is 296 Å². The van der Waals surface area contributed by atoms with E-state index in [4.69, 9.17) is 25.8 Å². The average molecular weight is 715 g/mol. The first kappa shape index (κ1) is 35.1. The Morgan fingerprint density at radius 2 is 1.80 bits per heavy atom. The van der Waals surface area contributed by atoms with Crippen molar-refractivity contribution < 1.29 is 32.5 Å². The zero-order chi connectivity index (χ0) is 34.6. The molecule has 9 nitrogen and oxygen atoms in total. The maximum Gasteiger partial charge on any atom is 0.264 e. The molecule has 7 rings (SSSR count). The van der Waals surface area contributed by atoms with Crippen molar-refractivity contribution in [2.24, 2.45) is 29.1 Å². The molecule has 1 amide bonds. The van der Waals surface area contributed by atoms with E-state index in [0.717, 1.165) is 62.2 Å². The molecule has 0 aromatic heterocycles. The monoisotopic (exact) mass is 714 g/mol. The number of nitrogens with zero attached hydrogens (tertiary/aromatic N) is 1. The summed E-state index contributed by atoms with van der Waals surface area (Å²) in [6.45, 7) is 8.51. The first-order chi connectivity index (χ1) is 23.4. The second-order valence-electron chi connectivity index (χ2n) is 16.0. The van der Waals surface area contributed by atoms with Crippen LogP contribution in [0, 0.1) is 29.1 Å². The minimum Gasteiger partial charge on any atom is -0.490 e. The molecule has 268 valence electrons. The smallest absolute Gasteiger partial charge is 0.264 e. The van der Waals surface area contributed by atoms with Crippen molar-refractivity contribution in [1.82, 2.24) is 4.72 Å². The minimum absolute atomic E-state index is 0.00632. The number of aliphatic hydroxyl groups is 1. The largest absolute Gasteiger partial charge is 0.490 e. The summed E-state index contributed by atoms with van der Waals surface area (Å²) in [5, 5.41) is 9.95. The van der Waals surface area contributed by atoms with E-state index < -0.39 is 26.6 Å². The molecule has 2 bridgehead atoms. The third kappa shape index (κ3) is 6.85. The molecule has 2 fully saturated rings. The van der Waals surface area contributed by atoms with Gasteiger partial charge in [-0.15, -0.1) is 0 Å². The highest BCUT2D eigenvalue weighted by Crippen LogP contribution is 2.49. The van der Waals surface area contributed by atoms with Gasteiger partial charge >= 0.3 is 0 Å². The summed E-state index contributed by atoms with van der Waals surface area (Å²) < 4.78 is 48.7. The number of fused-ring (bicyclic) bond motifs is 4. The van der Waals surface area contributed by atoms with Crippen LogP contribution in [0.1, 0.15) is 87.2 Å². The van der Waals surface area contributed by atoms with Gasteiger partial charge in [0.15, 0.2) is 6.29 Å². The zero-order valence-electron chi connectivity index (χ0n) is 29.0. The molecule has 3 heterocycles. The topological polar surface area (TPSA) is 114 Å². The SMILES string of the molecule is C[C@@H]1[C@@H](C)CCC[C@H](C2OCC(C)(CO)CO2)[C@@H]2CC[C@H]2CN2C[C@@]3(CCCc4cc(Cl)ccc43)COc3ccc(cc32)C(=O)NS1(=O)=O. The van der Waals surface area contributed by atoms with Gasteiger partial charge in [-0.3, -0.25) is 4.79 Å². The second-order valence-corrected chi connectivity index (χ2v) is 18.5. The molecule has 2 aromatic rings. The quantitative estimate of drug-likeness (QED) is 0.384. The Balaban J connectivity index is 1.27. The molecule has 5 aliphatic rings. The van der Waals surface area contributed by atoms with Crippen LogP contribution in [0.25, 0.3) is 0 Å². The third-order valence-electron chi connectivity index (χ3n) is 12.4. The fourth-order valence-corrected chi connectivity index (χ4v) is 10.5. The normalized spacial score (nSPS) is 36.3. The van der Waals surface area contributed by atoms with E-state index in [1.165, 1.54) is 11.1 Å². The molecule has 3 aliphatic heterocycles. The Morgan fingerprint density at radius 1 is 1.00 bits per heavy atom. The van der Waals surface area contributed by atoms with Gasteiger partial charge in [0, 0.05) is 40.4 Å². The third-order valence-corrected chi connectivity index (χ3v) is 14.6. The van der Waals surface area contributed by atoms with Crippen LogP contribution in [0.15, 0.2) is 36.4 Å². The predicted octanol–water partition coefficient (Wildman–Crippen LogP) is 6.10. The van der Waals surface area contributed by atoms with Gasteiger partial charge in [-0.1, -0.05) is 37.9 Å². The van der Waals surface area contributed by atoms with Crippen molar-refractivity contribution in [3.05, 3.63) is 58.1 Å². The lowest BCUT2D eigenvalue weighted by molar-refractivity contribution is -0.265. The number of carbonyl (C=O) groups is 1. The molecule has 1 saturated carbocycles. The van der Waals surface area contributed by atoms with Crippen LogP contribution in [0.2, 0.25) is 5.02 Å². The molecule has 2 aromatic carbocycles. The average Bonchev–Trinajstić information content (AvgIpc) is 3.22. The van der Waals surface area contributed by atoms with Crippen LogP contribution < -0.4 is 14.4 Å². The van der Waals surface area contributed by atoms with Crippen LogP contribution in [-0.2, 0) is 31.3 Å². The molecular weight excluding hydrogens is 664 g/mol. The molecule has 1 spiro atoms. The maximum absolute atomic E-state index is 13.5. The number of ether oxygens (including phenoxy) is 3. The number of halogens is 1. The summed E-state index contributed by atoms with van der Waals surface area (Å²) in [5.74, 6) is 0.822.